The Kier molecular flexibility index (Phi) is 3.39. The van der Waals surface area contributed by atoms with Gasteiger partial charge in [-0.1, -0.05) is 18.3 Å². The average Bonchev–Trinajstić information content (AvgIpc) is 2.84. The molecule has 1 atom stereocenters. The molecule has 0 bridgehead atoms. The topological polar surface area (TPSA) is 72.5 Å². The first-order valence-corrected chi connectivity index (χ1v) is 6.31. The number of likely N-dealkylation sites (N-methyl/N-ethyl adjacent to an activating group) is 1. The average molecular weight is 254 g/mol. The Labute approximate surface area is 102 Å². The van der Waals surface area contributed by atoms with Crippen LogP contribution in [0.5, 0.6) is 0 Å². The predicted octanol–water partition coefficient (Wildman–Crippen LogP) is 1.84. The van der Waals surface area contributed by atoms with Gasteiger partial charge in [0.1, 0.15) is 11.9 Å². The summed E-state index contributed by atoms with van der Waals surface area (Å²) in [6.45, 7) is 2.05. The van der Waals surface area contributed by atoms with Crippen LogP contribution in [0.15, 0.2) is 11.6 Å². The molecule has 0 aliphatic rings. The van der Waals surface area contributed by atoms with E-state index in [0.29, 0.717) is 17.1 Å². The molecule has 2 rings (SSSR count). The summed E-state index contributed by atoms with van der Waals surface area (Å²) in [7, 11) is 1.86. The first-order chi connectivity index (χ1) is 8.17. The van der Waals surface area contributed by atoms with E-state index in [2.05, 4.69) is 10.3 Å². The normalized spacial score (nSPS) is 13.1. The van der Waals surface area contributed by atoms with E-state index in [0.717, 1.165) is 6.42 Å². The second kappa shape index (κ2) is 4.80. The SMILES string of the molecule is CCC(Cc1nc2sccn2c1[N+](=O)[O-])NC. The monoisotopic (exact) mass is 254 g/mol. The molecule has 7 heteroatoms. The second-order valence-corrected chi connectivity index (χ2v) is 4.67. The van der Waals surface area contributed by atoms with E-state index < -0.39 is 0 Å². The molecule has 0 radical (unpaired) electrons. The molecule has 2 aromatic heterocycles. The molecule has 0 aliphatic carbocycles. The third kappa shape index (κ3) is 2.16. The minimum Gasteiger partial charge on any atom is -0.358 e. The molecule has 6 nitrogen and oxygen atoms in total. The van der Waals surface area contributed by atoms with Crippen molar-refractivity contribution in [1.82, 2.24) is 14.7 Å². The van der Waals surface area contributed by atoms with Crippen LogP contribution in [0, 0.1) is 10.1 Å². The van der Waals surface area contributed by atoms with Crippen LogP contribution in [0.4, 0.5) is 5.82 Å². The van der Waals surface area contributed by atoms with E-state index in [4.69, 9.17) is 0 Å². The molecule has 2 heterocycles. The summed E-state index contributed by atoms with van der Waals surface area (Å²) in [5, 5.41) is 16.0. The van der Waals surface area contributed by atoms with Gasteiger partial charge in [-0.2, -0.15) is 9.38 Å². The number of hydrogen-bond donors (Lipinski definition) is 1. The van der Waals surface area contributed by atoms with E-state index in [1.165, 1.54) is 11.3 Å². The van der Waals surface area contributed by atoms with Gasteiger partial charge in [0, 0.05) is 17.8 Å². The van der Waals surface area contributed by atoms with Gasteiger partial charge in [-0.05, 0) is 18.4 Å². The maximum atomic E-state index is 11.1. The van der Waals surface area contributed by atoms with Crippen LogP contribution in [0.25, 0.3) is 4.96 Å². The number of nitrogens with one attached hydrogen (secondary N) is 1. The van der Waals surface area contributed by atoms with Gasteiger partial charge in [-0.3, -0.25) is 0 Å². The highest BCUT2D eigenvalue weighted by Crippen LogP contribution is 2.25. The fourth-order valence-electron chi connectivity index (χ4n) is 1.83. The molecule has 92 valence electrons. The number of thiazole rings is 1. The smallest absolute Gasteiger partial charge is 0.351 e. The lowest BCUT2D eigenvalue weighted by atomic mass is 10.1. The van der Waals surface area contributed by atoms with Crippen molar-refractivity contribution in [3.8, 4) is 0 Å². The van der Waals surface area contributed by atoms with Gasteiger partial charge in [0.25, 0.3) is 4.96 Å². The van der Waals surface area contributed by atoms with Gasteiger partial charge >= 0.3 is 5.82 Å². The summed E-state index contributed by atoms with van der Waals surface area (Å²) in [6.07, 6.45) is 3.19. The summed E-state index contributed by atoms with van der Waals surface area (Å²) in [5.74, 6) is 0.0925. The Hall–Kier alpha value is -1.47. The summed E-state index contributed by atoms with van der Waals surface area (Å²) in [6, 6.07) is 0.221. The molecule has 17 heavy (non-hydrogen) atoms. The number of nitrogens with zero attached hydrogens (tertiary/aromatic N) is 3. The number of aromatic nitrogens is 2. The van der Waals surface area contributed by atoms with Gasteiger partial charge in [-0.25, -0.2) is 0 Å². The summed E-state index contributed by atoms with van der Waals surface area (Å²) < 4.78 is 1.54. The van der Waals surface area contributed by atoms with Crippen LogP contribution >= 0.6 is 11.3 Å². The van der Waals surface area contributed by atoms with Crippen molar-refractivity contribution < 1.29 is 4.92 Å². The Morgan fingerprint density at radius 2 is 2.47 bits per heavy atom. The molecule has 1 N–H and O–H groups in total. The maximum Gasteiger partial charge on any atom is 0.351 e. The first-order valence-electron chi connectivity index (χ1n) is 5.43. The van der Waals surface area contributed by atoms with Gasteiger partial charge in [0.05, 0.1) is 0 Å². The third-order valence-corrected chi connectivity index (χ3v) is 3.58. The van der Waals surface area contributed by atoms with Crippen LogP contribution in [-0.2, 0) is 6.42 Å². The highest BCUT2D eigenvalue weighted by Gasteiger charge is 2.24. The molecular formula is C10H14N4O2S. The zero-order chi connectivity index (χ0) is 12.4. The van der Waals surface area contributed by atoms with Crippen LogP contribution in [-0.4, -0.2) is 27.4 Å². The first kappa shape index (κ1) is 12.0. The van der Waals surface area contributed by atoms with Crippen LogP contribution in [0.1, 0.15) is 19.0 Å². The molecule has 2 aromatic rings. The van der Waals surface area contributed by atoms with Crippen LogP contribution < -0.4 is 5.32 Å². The molecule has 0 saturated carbocycles. The summed E-state index contributed by atoms with van der Waals surface area (Å²) in [4.78, 5) is 15.7. The molecule has 1 unspecified atom stereocenters. The van der Waals surface area contributed by atoms with Crippen molar-refractivity contribution in [2.45, 2.75) is 25.8 Å². The highest BCUT2D eigenvalue weighted by atomic mass is 32.1. The molecule has 0 amide bonds. The van der Waals surface area contributed by atoms with Gasteiger partial charge in [0.2, 0.25) is 0 Å². The number of hydrogen-bond acceptors (Lipinski definition) is 5. The Balaban J connectivity index is 2.41. The van der Waals surface area contributed by atoms with Crippen molar-refractivity contribution in [3.63, 3.8) is 0 Å². The van der Waals surface area contributed by atoms with Gasteiger partial charge < -0.3 is 15.4 Å². The molecule has 0 aromatic carbocycles. The summed E-state index contributed by atoms with van der Waals surface area (Å²) in [5.41, 5.74) is 0.558. The van der Waals surface area contributed by atoms with E-state index in [9.17, 15) is 10.1 Å². The maximum absolute atomic E-state index is 11.1. The predicted molar refractivity (Wildman–Crippen MR) is 66.6 cm³/mol. The highest BCUT2D eigenvalue weighted by molar-refractivity contribution is 7.15. The van der Waals surface area contributed by atoms with Crippen LogP contribution in [0.2, 0.25) is 0 Å². The zero-order valence-corrected chi connectivity index (χ0v) is 10.5. The molecule has 0 saturated heterocycles. The minimum absolute atomic E-state index is 0.0925. The fraction of sp³-hybridized carbons (Fsp3) is 0.500. The minimum atomic E-state index is -0.357. The quantitative estimate of drug-likeness (QED) is 0.652. The second-order valence-electron chi connectivity index (χ2n) is 3.79. The number of imidazole rings is 1. The molecule has 0 spiro atoms. The molecule has 0 aliphatic heterocycles. The Morgan fingerprint density at radius 3 is 3.06 bits per heavy atom. The van der Waals surface area contributed by atoms with Crippen molar-refractivity contribution >= 4 is 22.1 Å². The van der Waals surface area contributed by atoms with Crippen molar-refractivity contribution in [2.24, 2.45) is 0 Å². The van der Waals surface area contributed by atoms with Crippen molar-refractivity contribution in [2.75, 3.05) is 7.05 Å². The van der Waals surface area contributed by atoms with Crippen molar-refractivity contribution in [3.05, 3.63) is 27.4 Å². The van der Waals surface area contributed by atoms with E-state index in [1.807, 2.05) is 14.0 Å². The lowest BCUT2D eigenvalue weighted by Crippen LogP contribution is -2.27. The Bertz CT molecular complexity index is 529. The van der Waals surface area contributed by atoms with Crippen molar-refractivity contribution in [1.29, 1.82) is 0 Å². The lowest BCUT2D eigenvalue weighted by molar-refractivity contribution is -0.391. The molecular weight excluding hydrogens is 240 g/mol. The van der Waals surface area contributed by atoms with E-state index in [-0.39, 0.29) is 16.8 Å². The lowest BCUT2D eigenvalue weighted by Gasteiger charge is -2.11. The van der Waals surface area contributed by atoms with E-state index in [1.54, 1.807) is 16.0 Å². The largest absolute Gasteiger partial charge is 0.358 e. The third-order valence-electron chi connectivity index (χ3n) is 2.82. The Morgan fingerprint density at radius 1 is 1.71 bits per heavy atom. The van der Waals surface area contributed by atoms with Gasteiger partial charge in [-0.15, -0.1) is 0 Å². The number of fused-ring (bicyclic) bond motifs is 1. The molecule has 0 fully saturated rings. The number of rotatable bonds is 5. The van der Waals surface area contributed by atoms with Gasteiger partial charge in [0.15, 0.2) is 0 Å². The fourth-order valence-corrected chi connectivity index (χ4v) is 2.56. The number of nitro groups is 1. The van der Waals surface area contributed by atoms with E-state index >= 15 is 0 Å². The summed E-state index contributed by atoms with van der Waals surface area (Å²) >= 11 is 1.41. The standard InChI is InChI=1S/C10H14N4O2S/c1-3-7(11-2)6-8-9(14(15)16)13-4-5-17-10(13)12-8/h4-5,7,11H,3,6H2,1-2H3. The van der Waals surface area contributed by atoms with Crippen LogP contribution in [0.3, 0.4) is 0 Å². The zero-order valence-electron chi connectivity index (χ0n) is 9.71.